The molecule has 2 saturated carbocycles. The van der Waals surface area contributed by atoms with E-state index in [0.29, 0.717) is 28.4 Å². The molecule has 0 bridgehead atoms. The van der Waals surface area contributed by atoms with Crippen LogP contribution in [-0.2, 0) is 4.79 Å². The molecule has 2 aliphatic carbocycles. The maximum atomic E-state index is 11.8. The normalized spacial score (nSPS) is 40.7. The molecule has 0 radical (unpaired) electrons. The van der Waals surface area contributed by atoms with Gasteiger partial charge in [0.25, 0.3) is 0 Å². The number of Topliss-reactive ketones (excluding diaryl/α,β-unsaturated/α-hetero) is 1. The van der Waals surface area contributed by atoms with Crippen LogP contribution in [0.1, 0.15) is 40.5 Å². The van der Waals surface area contributed by atoms with E-state index in [1.165, 1.54) is 0 Å². The number of carbonyl (C=O) groups is 1. The van der Waals surface area contributed by atoms with Crippen LogP contribution in [0.5, 0.6) is 0 Å². The van der Waals surface area contributed by atoms with E-state index in [4.69, 9.17) is 0 Å². The van der Waals surface area contributed by atoms with Crippen molar-refractivity contribution in [3.63, 3.8) is 0 Å². The molecule has 0 aromatic carbocycles. The molecule has 0 aromatic rings. The molecule has 68 valence electrons. The topological polar surface area (TPSA) is 17.1 Å². The zero-order valence-corrected chi connectivity index (χ0v) is 8.48. The van der Waals surface area contributed by atoms with E-state index >= 15 is 0 Å². The molecular weight excluding hydrogens is 148 g/mol. The second kappa shape index (κ2) is 1.94. The highest BCUT2D eigenvalue weighted by Gasteiger charge is 2.59. The lowest BCUT2D eigenvalue weighted by molar-refractivity contribution is -0.122. The van der Waals surface area contributed by atoms with Gasteiger partial charge in [0.15, 0.2) is 0 Å². The summed E-state index contributed by atoms with van der Waals surface area (Å²) in [6.07, 6.45) is 2.25. The molecule has 1 heteroatoms. The van der Waals surface area contributed by atoms with Gasteiger partial charge in [-0.3, -0.25) is 4.79 Å². The summed E-state index contributed by atoms with van der Waals surface area (Å²) in [5.41, 5.74) is 0.658. The Balaban J connectivity index is 1.97. The maximum absolute atomic E-state index is 11.8. The first kappa shape index (κ1) is 8.28. The number of rotatable bonds is 2. The van der Waals surface area contributed by atoms with Crippen LogP contribution in [-0.4, -0.2) is 5.78 Å². The first-order valence-corrected chi connectivity index (χ1v) is 4.88. The summed E-state index contributed by atoms with van der Waals surface area (Å²) >= 11 is 0. The molecule has 0 amide bonds. The van der Waals surface area contributed by atoms with Crippen LogP contribution in [0.2, 0.25) is 0 Å². The van der Waals surface area contributed by atoms with E-state index in [9.17, 15) is 4.79 Å². The Labute approximate surface area is 74.5 Å². The summed E-state index contributed by atoms with van der Waals surface area (Å²) in [7, 11) is 0. The Hall–Kier alpha value is -0.330. The van der Waals surface area contributed by atoms with E-state index in [-0.39, 0.29) is 0 Å². The number of hydrogen-bond acceptors (Lipinski definition) is 1. The summed E-state index contributed by atoms with van der Waals surface area (Å²) in [6, 6.07) is 0. The van der Waals surface area contributed by atoms with E-state index in [1.54, 1.807) is 0 Å². The standard InChI is InChI=1S/C11H18O/c1-10(2)5-7(10)9(12)8-6-11(8,3)4/h7-8H,5-6H2,1-4H3. The van der Waals surface area contributed by atoms with Crippen molar-refractivity contribution < 1.29 is 4.79 Å². The van der Waals surface area contributed by atoms with Gasteiger partial charge in [0.05, 0.1) is 0 Å². The molecular formula is C11H18O. The van der Waals surface area contributed by atoms with E-state index in [0.717, 1.165) is 12.8 Å². The minimum atomic E-state index is 0.329. The molecule has 2 atom stereocenters. The van der Waals surface area contributed by atoms with Gasteiger partial charge in [-0.1, -0.05) is 27.7 Å². The van der Waals surface area contributed by atoms with Gasteiger partial charge in [-0.2, -0.15) is 0 Å². The zero-order valence-electron chi connectivity index (χ0n) is 8.48. The summed E-state index contributed by atoms with van der Waals surface area (Å²) < 4.78 is 0. The van der Waals surface area contributed by atoms with Crippen LogP contribution in [0.3, 0.4) is 0 Å². The van der Waals surface area contributed by atoms with Crippen LogP contribution >= 0.6 is 0 Å². The fourth-order valence-corrected chi connectivity index (χ4v) is 2.15. The third-order valence-corrected chi connectivity index (χ3v) is 3.71. The van der Waals surface area contributed by atoms with Gasteiger partial charge in [-0.25, -0.2) is 0 Å². The summed E-state index contributed by atoms with van der Waals surface area (Å²) in [5, 5.41) is 0. The van der Waals surface area contributed by atoms with Crippen molar-refractivity contribution in [2.24, 2.45) is 22.7 Å². The lowest BCUT2D eigenvalue weighted by atomic mass is 10.00. The fraction of sp³-hybridized carbons (Fsp3) is 0.909. The van der Waals surface area contributed by atoms with Gasteiger partial charge in [0.1, 0.15) is 5.78 Å². The van der Waals surface area contributed by atoms with Crippen LogP contribution in [0.25, 0.3) is 0 Å². The largest absolute Gasteiger partial charge is 0.299 e. The SMILES string of the molecule is CC1(C)CC1C(=O)C1CC1(C)C. The summed E-state index contributed by atoms with van der Waals surface area (Å²) in [5.74, 6) is 1.33. The van der Waals surface area contributed by atoms with Crippen molar-refractivity contribution in [1.82, 2.24) is 0 Å². The van der Waals surface area contributed by atoms with E-state index in [1.807, 2.05) is 0 Å². The van der Waals surface area contributed by atoms with Gasteiger partial charge < -0.3 is 0 Å². The van der Waals surface area contributed by atoms with Crippen LogP contribution in [0, 0.1) is 22.7 Å². The summed E-state index contributed by atoms with van der Waals surface area (Å²) in [6.45, 7) is 8.80. The highest BCUT2D eigenvalue weighted by molar-refractivity contribution is 5.89. The Morgan fingerprint density at radius 2 is 1.25 bits per heavy atom. The summed E-state index contributed by atoms with van der Waals surface area (Å²) in [4.78, 5) is 11.8. The number of hydrogen-bond donors (Lipinski definition) is 0. The monoisotopic (exact) mass is 166 g/mol. The molecule has 2 unspecified atom stereocenters. The second-order valence-corrected chi connectivity index (χ2v) is 5.89. The fourth-order valence-electron chi connectivity index (χ4n) is 2.15. The predicted molar refractivity (Wildman–Crippen MR) is 48.8 cm³/mol. The Morgan fingerprint density at radius 3 is 1.42 bits per heavy atom. The molecule has 0 aliphatic heterocycles. The van der Waals surface area contributed by atoms with Gasteiger partial charge in [0, 0.05) is 11.8 Å². The second-order valence-electron chi connectivity index (χ2n) is 5.89. The molecule has 2 rings (SSSR count). The molecule has 0 N–H and O–H groups in total. The first-order chi connectivity index (χ1) is 5.34. The number of ketones is 1. The molecule has 2 fully saturated rings. The highest BCUT2D eigenvalue weighted by Crippen LogP contribution is 2.60. The Kier molecular flexibility index (Phi) is 1.34. The minimum absolute atomic E-state index is 0.329. The van der Waals surface area contributed by atoms with Crippen molar-refractivity contribution >= 4 is 5.78 Å². The molecule has 2 aliphatic rings. The lowest BCUT2D eigenvalue weighted by Gasteiger charge is -2.03. The van der Waals surface area contributed by atoms with Crippen molar-refractivity contribution in [2.75, 3.05) is 0 Å². The lowest BCUT2D eigenvalue weighted by Crippen LogP contribution is -2.11. The smallest absolute Gasteiger partial charge is 0.140 e. The highest BCUT2D eigenvalue weighted by atomic mass is 16.1. The predicted octanol–water partition coefficient (Wildman–Crippen LogP) is 2.65. The van der Waals surface area contributed by atoms with Gasteiger partial charge in [-0.15, -0.1) is 0 Å². The van der Waals surface area contributed by atoms with Crippen LogP contribution in [0.4, 0.5) is 0 Å². The Morgan fingerprint density at radius 1 is 1.00 bits per heavy atom. The number of carbonyl (C=O) groups excluding carboxylic acids is 1. The molecule has 0 spiro atoms. The van der Waals surface area contributed by atoms with Crippen molar-refractivity contribution in [1.29, 1.82) is 0 Å². The van der Waals surface area contributed by atoms with E-state index < -0.39 is 0 Å². The van der Waals surface area contributed by atoms with Gasteiger partial charge in [0.2, 0.25) is 0 Å². The zero-order chi connectivity index (χ0) is 9.15. The average molecular weight is 166 g/mol. The molecule has 12 heavy (non-hydrogen) atoms. The average Bonchev–Trinajstić information content (AvgIpc) is 2.70. The third-order valence-electron chi connectivity index (χ3n) is 3.71. The molecule has 0 aromatic heterocycles. The van der Waals surface area contributed by atoms with E-state index in [2.05, 4.69) is 27.7 Å². The third kappa shape index (κ3) is 1.10. The first-order valence-electron chi connectivity index (χ1n) is 4.88. The van der Waals surface area contributed by atoms with Crippen LogP contribution < -0.4 is 0 Å². The molecule has 0 heterocycles. The molecule has 1 nitrogen and oxygen atoms in total. The molecule has 0 saturated heterocycles. The van der Waals surface area contributed by atoms with Crippen molar-refractivity contribution in [3.8, 4) is 0 Å². The van der Waals surface area contributed by atoms with Crippen molar-refractivity contribution in [2.45, 2.75) is 40.5 Å². The van der Waals surface area contributed by atoms with Crippen LogP contribution in [0.15, 0.2) is 0 Å². The van der Waals surface area contributed by atoms with Crippen molar-refractivity contribution in [3.05, 3.63) is 0 Å². The Bertz CT molecular complexity index is 213. The van der Waals surface area contributed by atoms with Gasteiger partial charge in [-0.05, 0) is 23.7 Å². The van der Waals surface area contributed by atoms with Gasteiger partial charge >= 0.3 is 0 Å². The quantitative estimate of drug-likeness (QED) is 0.616. The maximum Gasteiger partial charge on any atom is 0.140 e. The minimum Gasteiger partial charge on any atom is -0.299 e.